The van der Waals surface area contributed by atoms with Gasteiger partial charge in [-0.3, -0.25) is 4.98 Å². The largest absolute Gasteiger partial charge is 0.366 e. The number of nitrogens with zero attached hydrogens (tertiary/aromatic N) is 5. The van der Waals surface area contributed by atoms with E-state index in [1.807, 2.05) is 0 Å². The third kappa shape index (κ3) is 1.50. The molecule has 2 aromatic heterocycles. The van der Waals surface area contributed by atoms with E-state index in [1.165, 1.54) is 19.3 Å². The van der Waals surface area contributed by atoms with Crippen LogP contribution in [0.15, 0.2) is 12.4 Å². The number of hydrogen-bond donors (Lipinski definition) is 1. The second-order valence-corrected chi connectivity index (χ2v) is 4.40. The van der Waals surface area contributed by atoms with Crippen LogP contribution in [0.1, 0.15) is 26.2 Å². The van der Waals surface area contributed by atoms with E-state index in [4.69, 9.17) is 0 Å². The fourth-order valence-corrected chi connectivity index (χ4v) is 2.32. The van der Waals surface area contributed by atoms with Crippen LogP contribution in [0.2, 0.25) is 0 Å². The molecule has 1 aliphatic carbocycles. The molecule has 2 atom stereocenters. The van der Waals surface area contributed by atoms with Gasteiger partial charge in [-0.05, 0) is 29.2 Å². The van der Waals surface area contributed by atoms with Crippen LogP contribution < -0.4 is 5.32 Å². The molecule has 0 saturated heterocycles. The van der Waals surface area contributed by atoms with Crippen molar-refractivity contribution in [1.29, 1.82) is 0 Å². The number of tetrazole rings is 1. The first-order valence-corrected chi connectivity index (χ1v) is 5.63. The third-order valence-electron chi connectivity index (χ3n) is 3.30. The first-order valence-electron chi connectivity index (χ1n) is 5.63. The van der Waals surface area contributed by atoms with E-state index in [2.05, 4.69) is 32.7 Å². The Morgan fingerprint density at radius 1 is 1.38 bits per heavy atom. The zero-order valence-corrected chi connectivity index (χ0v) is 9.17. The van der Waals surface area contributed by atoms with Gasteiger partial charge in [-0.1, -0.05) is 13.3 Å². The lowest BCUT2D eigenvalue weighted by Crippen LogP contribution is -2.23. The van der Waals surface area contributed by atoms with Crippen molar-refractivity contribution < 1.29 is 0 Å². The summed E-state index contributed by atoms with van der Waals surface area (Å²) in [5.74, 6) is 1.58. The molecule has 1 fully saturated rings. The molecule has 2 unspecified atom stereocenters. The van der Waals surface area contributed by atoms with Crippen LogP contribution in [-0.4, -0.2) is 31.1 Å². The second kappa shape index (κ2) is 3.70. The summed E-state index contributed by atoms with van der Waals surface area (Å²) in [4.78, 5) is 4.13. The molecule has 0 spiro atoms. The van der Waals surface area contributed by atoms with Crippen molar-refractivity contribution in [3.05, 3.63) is 12.4 Å². The molecule has 0 aliphatic heterocycles. The molecule has 1 saturated carbocycles. The fraction of sp³-hybridized carbons (Fsp3) is 0.600. The highest BCUT2D eigenvalue weighted by molar-refractivity contribution is 5.44. The summed E-state index contributed by atoms with van der Waals surface area (Å²) in [5, 5.41) is 14.9. The van der Waals surface area contributed by atoms with Crippen molar-refractivity contribution in [2.24, 2.45) is 5.92 Å². The van der Waals surface area contributed by atoms with E-state index >= 15 is 0 Å². The Kier molecular flexibility index (Phi) is 2.19. The molecule has 6 nitrogen and oxygen atoms in total. The summed E-state index contributed by atoms with van der Waals surface area (Å²) in [6, 6.07) is 0.511. The van der Waals surface area contributed by atoms with Gasteiger partial charge in [0.15, 0.2) is 11.5 Å². The Bertz CT molecular complexity index is 493. The van der Waals surface area contributed by atoms with Crippen molar-refractivity contribution in [3.8, 4) is 0 Å². The Hall–Kier alpha value is -1.72. The van der Waals surface area contributed by atoms with Gasteiger partial charge in [0.25, 0.3) is 0 Å². The van der Waals surface area contributed by atoms with Gasteiger partial charge in [-0.2, -0.15) is 4.52 Å². The van der Waals surface area contributed by atoms with Crippen LogP contribution in [0.3, 0.4) is 0 Å². The number of rotatable bonds is 2. The topological polar surface area (TPSA) is 68.0 Å². The fourth-order valence-electron chi connectivity index (χ4n) is 2.32. The van der Waals surface area contributed by atoms with Gasteiger partial charge in [0.05, 0.1) is 12.4 Å². The zero-order valence-electron chi connectivity index (χ0n) is 9.17. The Morgan fingerprint density at radius 2 is 2.31 bits per heavy atom. The zero-order chi connectivity index (χ0) is 11.0. The highest BCUT2D eigenvalue weighted by Gasteiger charge is 2.23. The van der Waals surface area contributed by atoms with Gasteiger partial charge in [-0.25, -0.2) is 0 Å². The molecule has 2 heterocycles. The summed E-state index contributed by atoms with van der Waals surface area (Å²) >= 11 is 0. The van der Waals surface area contributed by atoms with E-state index < -0.39 is 0 Å². The van der Waals surface area contributed by atoms with Crippen molar-refractivity contribution >= 4 is 11.5 Å². The first kappa shape index (κ1) is 9.50. The molecule has 6 heteroatoms. The molecule has 0 amide bonds. The quantitative estimate of drug-likeness (QED) is 0.818. The average Bonchev–Trinajstić information content (AvgIpc) is 2.89. The molecule has 0 bridgehead atoms. The molecule has 1 N–H and O–H groups in total. The van der Waals surface area contributed by atoms with Crippen molar-refractivity contribution in [2.45, 2.75) is 32.2 Å². The maximum atomic E-state index is 4.13. The molecular weight excluding hydrogens is 204 g/mol. The molecule has 0 radical (unpaired) electrons. The van der Waals surface area contributed by atoms with Gasteiger partial charge >= 0.3 is 0 Å². The van der Waals surface area contributed by atoms with Gasteiger partial charge in [0.1, 0.15) is 0 Å². The van der Waals surface area contributed by atoms with Gasteiger partial charge in [0, 0.05) is 6.04 Å². The number of nitrogens with one attached hydrogen (secondary N) is 1. The maximum absolute atomic E-state index is 4.13. The average molecular weight is 218 g/mol. The van der Waals surface area contributed by atoms with E-state index in [0.29, 0.717) is 17.6 Å². The highest BCUT2D eigenvalue weighted by atomic mass is 15.5. The molecule has 1 aliphatic rings. The number of anilines is 1. The highest BCUT2D eigenvalue weighted by Crippen LogP contribution is 2.27. The smallest absolute Gasteiger partial charge is 0.199 e. The third-order valence-corrected chi connectivity index (χ3v) is 3.30. The monoisotopic (exact) mass is 218 g/mol. The van der Waals surface area contributed by atoms with Crippen molar-refractivity contribution in [2.75, 3.05) is 5.32 Å². The Labute approximate surface area is 93.1 Å². The molecule has 2 aromatic rings. The minimum absolute atomic E-state index is 0.511. The van der Waals surface area contributed by atoms with Crippen LogP contribution in [0, 0.1) is 5.92 Å². The minimum Gasteiger partial charge on any atom is -0.366 e. The Balaban J connectivity index is 1.91. The van der Waals surface area contributed by atoms with Gasteiger partial charge in [-0.15, -0.1) is 5.10 Å². The number of aromatic nitrogens is 5. The molecule has 84 valence electrons. The summed E-state index contributed by atoms with van der Waals surface area (Å²) in [6.45, 7) is 2.28. The maximum Gasteiger partial charge on any atom is 0.199 e. The first-order chi connectivity index (χ1) is 7.84. The predicted octanol–water partition coefficient (Wildman–Crippen LogP) is 1.12. The molecular formula is C10H14N6. The lowest BCUT2D eigenvalue weighted by atomic mass is 10.1. The van der Waals surface area contributed by atoms with E-state index in [-0.39, 0.29) is 0 Å². The summed E-state index contributed by atoms with van der Waals surface area (Å²) in [6.07, 6.45) is 7.21. The van der Waals surface area contributed by atoms with E-state index in [9.17, 15) is 0 Å². The lowest BCUT2D eigenvalue weighted by molar-refractivity contribution is 0.552. The van der Waals surface area contributed by atoms with Crippen LogP contribution in [-0.2, 0) is 0 Å². The minimum atomic E-state index is 0.511. The Morgan fingerprint density at radius 3 is 3.12 bits per heavy atom. The second-order valence-electron chi connectivity index (χ2n) is 4.40. The normalized spacial score (nSPS) is 25.1. The molecule has 0 aromatic carbocycles. The van der Waals surface area contributed by atoms with Crippen LogP contribution in [0.4, 0.5) is 5.82 Å². The summed E-state index contributed by atoms with van der Waals surface area (Å²) < 4.78 is 1.69. The van der Waals surface area contributed by atoms with Crippen LogP contribution in [0.25, 0.3) is 5.65 Å². The van der Waals surface area contributed by atoms with Gasteiger partial charge in [0.2, 0.25) is 0 Å². The van der Waals surface area contributed by atoms with Crippen LogP contribution >= 0.6 is 0 Å². The number of fused-ring (bicyclic) bond motifs is 1. The summed E-state index contributed by atoms with van der Waals surface area (Å²) in [5.41, 5.74) is 0.677. The van der Waals surface area contributed by atoms with Crippen LogP contribution in [0.5, 0.6) is 0 Å². The SMILES string of the molecule is CC1CCCC1Nc1cncc2nnnn12. The number of hydrogen-bond acceptors (Lipinski definition) is 5. The molecule has 3 rings (SSSR count). The van der Waals surface area contributed by atoms with Crippen molar-refractivity contribution in [3.63, 3.8) is 0 Å². The molecule has 16 heavy (non-hydrogen) atoms. The summed E-state index contributed by atoms with van der Waals surface area (Å²) in [7, 11) is 0. The standard InChI is InChI=1S/C10H14N6/c1-7-3-2-4-8(7)12-9-5-11-6-10-13-14-15-16(9)10/h5-8,12H,2-4H2,1H3. The predicted molar refractivity (Wildman–Crippen MR) is 59.0 cm³/mol. The van der Waals surface area contributed by atoms with Crippen molar-refractivity contribution in [1.82, 2.24) is 25.0 Å². The van der Waals surface area contributed by atoms with Gasteiger partial charge < -0.3 is 5.32 Å². The lowest BCUT2D eigenvalue weighted by Gasteiger charge is -2.18. The van der Waals surface area contributed by atoms with E-state index in [1.54, 1.807) is 16.9 Å². The van der Waals surface area contributed by atoms with E-state index in [0.717, 1.165) is 5.82 Å².